The summed E-state index contributed by atoms with van der Waals surface area (Å²) in [5.74, 6) is 1.67. The third-order valence-corrected chi connectivity index (χ3v) is 6.09. The number of rotatable bonds is 4. The Morgan fingerprint density at radius 1 is 0.842 bits per heavy atom. The Morgan fingerprint density at radius 3 is 1.95 bits per heavy atom. The number of thiazole rings is 1. The summed E-state index contributed by atoms with van der Waals surface area (Å²) < 4.78 is 0. The van der Waals surface area contributed by atoms with Gasteiger partial charge in [0.2, 0.25) is 0 Å². The molecule has 0 N–H and O–H groups in total. The highest BCUT2D eigenvalue weighted by Crippen LogP contribution is 2.39. The van der Waals surface area contributed by atoms with Crippen molar-refractivity contribution in [2.45, 2.75) is 59.3 Å². The predicted octanol–water partition coefficient (Wildman–Crippen LogP) is 6.24. The van der Waals surface area contributed by atoms with Crippen LogP contribution in [-0.4, -0.2) is 4.98 Å². The van der Waals surface area contributed by atoms with Crippen LogP contribution >= 0.6 is 22.7 Å². The summed E-state index contributed by atoms with van der Waals surface area (Å²) in [6, 6.07) is 4.48. The number of hydrogen-bond donors (Lipinski definition) is 0. The Hall–Kier alpha value is -0.670. The van der Waals surface area contributed by atoms with E-state index in [0.29, 0.717) is 17.8 Å². The molecule has 1 nitrogen and oxygen atoms in total. The van der Waals surface area contributed by atoms with Crippen molar-refractivity contribution in [2.75, 3.05) is 0 Å². The van der Waals surface area contributed by atoms with E-state index in [1.165, 1.54) is 25.3 Å². The molecule has 3 heteroatoms. The van der Waals surface area contributed by atoms with E-state index in [1.807, 2.05) is 22.7 Å². The maximum Gasteiger partial charge on any atom is 0.133 e. The van der Waals surface area contributed by atoms with Crippen LogP contribution in [0.15, 0.2) is 12.1 Å². The van der Waals surface area contributed by atoms with Crippen molar-refractivity contribution in [2.24, 2.45) is 0 Å². The van der Waals surface area contributed by atoms with E-state index in [-0.39, 0.29) is 0 Å². The topological polar surface area (TPSA) is 12.9 Å². The van der Waals surface area contributed by atoms with E-state index < -0.39 is 0 Å². The first-order chi connectivity index (χ1) is 8.90. The average molecular weight is 294 g/mol. The Morgan fingerprint density at radius 2 is 1.53 bits per heavy atom. The number of aromatic nitrogens is 1. The number of nitrogens with zero attached hydrogens (tertiary/aromatic N) is 1. The molecule has 0 aromatic carbocycles. The number of thiophene rings is 1. The largest absolute Gasteiger partial charge is 0.240 e. The van der Waals surface area contributed by atoms with E-state index >= 15 is 0 Å². The van der Waals surface area contributed by atoms with Gasteiger partial charge in [-0.1, -0.05) is 41.5 Å². The molecule has 0 saturated heterocycles. The summed E-state index contributed by atoms with van der Waals surface area (Å²) >= 11 is 3.76. The molecule has 0 fully saturated rings. The zero-order chi connectivity index (χ0) is 14.2. The summed E-state index contributed by atoms with van der Waals surface area (Å²) in [6.45, 7) is 13.5. The van der Waals surface area contributed by atoms with Gasteiger partial charge in [-0.25, -0.2) is 4.98 Å². The van der Waals surface area contributed by atoms with Crippen LogP contribution in [0.25, 0.3) is 9.88 Å². The minimum absolute atomic E-state index is 0.506. The number of hydrogen-bond acceptors (Lipinski definition) is 3. The molecule has 0 bridgehead atoms. The van der Waals surface area contributed by atoms with Crippen molar-refractivity contribution in [3.8, 4) is 9.88 Å². The summed E-state index contributed by atoms with van der Waals surface area (Å²) in [5.41, 5.74) is 1.29. The molecule has 2 heterocycles. The third kappa shape index (κ3) is 3.09. The quantitative estimate of drug-likeness (QED) is 0.650. The molecule has 0 aliphatic carbocycles. The van der Waals surface area contributed by atoms with Crippen molar-refractivity contribution in [1.29, 1.82) is 0 Å². The van der Waals surface area contributed by atoms with Crippen molar-refractivity contribution in [3.05, 3.63) is 27.6 Å². The van der Waals surface area contributed by atoms with Crippen LogP contribution in [0.2, 0.25) is 0 Å². The minimum Gasteiger partial charge on any atom is -0.240 e. The first kappa shape index (κ1) is 14.7. The van der Waals surface area contributed by atoms with E-state index in [4.69, 9.17) is 4.98 Å². The van der Waals surface area contributed by atoms with Crippen LogP contribution in [0.4, 0.5) is 0 Å². The Bertz CT molecular complexity index is 521. The highest BCUT2D eigenvalue weighted by Gasteiger charge is 2.18. The van der Waals surface area contributed by atoms with Gasteiger partial charge in [0.15, 0.2) is 0 Å². The minimum atomic E-state index is 0.506. The molecule has 19 heavy (non-hydrogen) atoms. The van der Waals surface area contributed by atoms with Gasteiger partial charge in [0.1, 0.15) is 5.01 Å². The highest BCUT2D eigenvalue weighted by atomic mass is 32.1. The average Bonchev–Trinajstić information content (AvgIpc) is 2.95. The van der Waals surface area contributed by atoms with Gasteiger partial charge in [0.05, 0.1) is 10.6 Å². The molecule has 0 aliphatic heterocycles. The van der Waals surface area contributed by atoms with Crippen molar-refractivity contribution in [1.82, 2.24) is 4.98 Å². The van der Waals surface area contributed by atoms with Crippen LogP contribution in [0, 0.1) is 0 Å². The molecule has 2 rings (SSSR count). The van der Waals surface area contributed by atoms with E-state index in [9.17, 15) is 0 Å². The first-order valence-corrected chi connectivity index (χ1v) is 8.64. The normalized spacial score (nSPS) is 12.1. The fourth-order valence-corrected chi connectivity index (χ4v) is 4.34. The van der Waals surface area contributed by atoms with Crippen LogP contribution in [0.1, 0.15) is 74.7 Å². The SMILES string of the molecule is CC(C)c1ccc(-c2nc(C(C)C)c(C(C)C)s2)s1. The van der Waals surface area contributed by atoms with Crippen LogP contribution in [-0.2, 0) is 0 Å². The molecule has 104 valence electrons. The highest BCUT2D eigenvalue weighted by molar-refractivity contribution is 7.22. The van der Waals surface area contributed by atoms with Gasteiger partial charge >= 0.3 is 0 Å². The molecule has 0 amide bonds. The molecule has 0 spiro atoms. The summed E-state index contributed by atoms with van der Waals surface area (Å²) in [4.78, 5) is 9.12. The second-order valence-electron chi connectivity index (χ2n) is 5.93. The van der Waals surface area contributed by atoms with Gasteiger partial charge in [0, 0.05) is 9.75 Å². The zero-order valence-corrected chi connectivity index (χ0v) is 14.3. The monoisotopic (exact) mass is 293 g/mol. The smallest absolute Gasteiger partial charge is 0.133 e. The van der Waals surface area contributed by atoms with Crippen molar-refractivity contribution >= 4 is 22.7 Å². The second kappa shape index (κ2) is 5.76. The van der Waals surface area contributed by atoms with Gasteiger partial charge in [-0.3, -0.25) is 0 Å². The summed E-state index contributed by atoms with van der Waals surface area (Å²) in [6.07, 6.45) is 0. The third-order valence-electron chi connectivity index (χ3n) is 3.16. The maximum absolute atomic E-state index is 4.90. The van der Waals surface area contributed by atoms with Crippen molar-refractivity contribution in [3.63, 3.8) is 0 Å². The first-order valence-electron chi connectivity index (χ1n) is 7.00. The van der Waals surface area contributed by atoms with Gasteiger partial charge in [-0.2, -0.15) is 0 Å². The molecule has 0 atom stereocenters. The molecular weight excluding hydrogens is 270 g/mol. The molecule has 2 aromatic heterocycles. The summed E-state index contributed by atoms with van der Waals surface area (Å²) in [5, 5.41) is 1.20. The fourth-order valence-electron chi connectivity index (χ4n) is 2.05. The van der Waals surface area contributed by atoms with E-state index in [2.05, 4.69) is 53.7 Å². The molecular formula is C16H23NS2. The Labute approximate surface area is 124 Å². The lowest BCUT2D eigenvalue weighted by Crippen LogP contribution is -1.94. The van der Waals surface area contributed by atoms with Crippen LogP contribution in [0.5, 0.6) is 0 Å². The van der Waals surface area contributed by atoms with Crippen molar-refractivity contribution < 1.29 is 0 Å². The second-order valence-corrected chi connectivity index (χ2v) is 8.08. The van der Waals surface area contributed by atoms with Gasteiger partial charge < -0.3 is 0 Å². The molecule has 0 unspecified atom stereocenters. The fraction of sp³-hybridized carbons (Fsp3) is 0.562. The molecule has 0 radical (unpaired) electrons. The van der Waals surface area contributed by atoms with E-state index in [1.54, 1.807) is 0 Å². The Kier molecular flexibility index (Phi) is 4.46. The van der Waals surface area contributed by atoms with Gasteiger partial charge in [-0.05, 0) is 29.9 Å². The standard InChI is InChI=1S/C16H23NS2/c1-9(2)12-7-8-13(18-12)16-17-14(10(3)4)15(19-16)11(5)6/h7-11H,1-6H3. The van der Waals surface area contributed by atoms with Gasteiger partial charge in [-0.15, -0.1) is 22.7 Å². The zero-order valence-electron chi connectivity index (χ0n) is 12.7. The molecule has 0 aliphatic rings. The lowest BCUT2D eigenvalue weighted by atomic mass is 10.0. The summed E-state index contributed by atoms with van der Waals surface area (Å²) in [7, 11) is 0. The van der Waals surface area contributed by atoms with Crippen LogP contribution < -0.4 is 0 Å². The van der Waals surface area contributed by atoms with Gasteiger partial charge in [0.25, 0.3) is 0 Å². The lowest BCUT2D eigenvalue weighted by molar-refractivity contribution is 0.781. The maximum atomic E-state index is 4.90. The Balaban J connectivity index is 2.42. The van der Waals surface area contributed by atoms with E-state index in [0.717, 1.165) is 0 Å². The lowest BCUT2D eigenvalue weighted by Gasteiger charge is -2.06. The molecule has 0 saturated carbocycles. The predicted molar refractivity (Wildman–Crippen MR) is 87.7 cm³/mol. The van der Waals surface area contributed by atoms with Crippen LogP contribution in [0.3, 0.4) is 0 Å². The molecule has 2 aromatic rings.